The van der Waals surface area contributed by atoms with Crippen LogP contribution in [0.3, 0.4) is 0 Å². The third-order valence-electron chi connectivity index (χ3n) is 4.00. The summed E-state index contributed by atoms with van der Waals surface area (Å²) >= 11 is 12.3. The van der Waals surface area contributed by atoms with Gasteiger partial charge in [-0.25, -0.2) is 4.98 Å². The Balaban J connectivity index is 2.15. The molecule has 1 fully saturated rings. The quantitative estimate of drug-likeness (QED) is 0.773. The van der Waals surface area contributed by atoms with Crippen LogP contribution in [0.4, 0.5) is 11.6 Å². The number of halogens is 2. The van der Waals surface area contributed by atoms with Crippen LogP contribution >= 0.6 is 23.2 Å². The second-order valence-electron chi connectivity index (χ2n) is 5.85. The van der Waals surface area contributed by atoms with Gasteiger partial charge in [-0.2, -0.15) is 0 Å². The van der Waals surface area contributed by atoms with E-state index in [0.29, 0.717) is 28.1 Å². The van der Waals surface area contributed by atoms with Crippen LogP contribution in [0, 0.1) is 5.41 Å². The van der Waals surface area contributed by atoms with Crippen molar-refractivity contribution in [2.75, 3.05) is 17.2 Å². The molecule has 1 aliphatic rings. The number of hydrogen-bond donors (Lipinski definition) is 3. The molecule has 0 aromatic carbocycles. The fraction of sp³-hybridized carbons (Fsp3) is 0.643. The van der Waals surface area contributed by atoms with E-state index >= 15 is 0 Å². The van der Waals surface area contributed by atoms with Crippen molar-refractivity contribution in [3.8, 4) is 0 Å². The van der Waals surface area contributed by atoms with Crippen LogP contribution in [0.2, 0.25) is 10.0 Å². The monoisotopic (exact) mass is 317 g/mol. The predicted molar refractivity (Wildman–Crippen MR) is 84.9 cm³/mol. The molecule has 20 heavy (non-hydrogen) atoms. The molecule has 6 heteroatoms. The number of nitrogens with one attached hydrogen (secondary N) is 2. The van der Waals surface area contributed by atoms with Crippen LogP contribution in [0.25, 0.3) is 0 Å². The summed E-state index contributed by atoms with van der Waals surface area (Å²) < 4.78 is 0. The van der Waals surface area contributed by atoms with Crippen molar-refractivity contribution in [1.29, 1.82) is 0 Å². The first-order chi connectivity index (χ1) is 9.36. The number of aromatic nitrogens is 1. The van der Waals surface area contributed by atoms with E-state index in [4.69, 9.17) is 23.2 Å². The zero-order valence-electron chi connectivity index (χ0n) is 12.0. The molecule has 1 saturated carbocycles. The summed E-state index contributed by atoms with van der Waals surface area (Å²) in [5.41, 5.74) is -0.179. The molecular formula is C14H21Cl2N3O. The highest BCUT2D eigenvalue weighted by atomic mass is 35.5. The topological polar surface area (TPSA) is 57.2 Å². The molecule has 1 heterocycles. The Morgan fingerprint density at radius 3 is 2.55 bits per heavy atom. The average molecular weight is 318 g/mol. The van der Waals surface area contributed by atoms with Gasteiger partial charge >= 0.3 is 0 Å². The maximum Gasteiger partial charge on any atom is 0.147 e. The highest BCUT2D eigenvalue weighted by Gasteiger charge is 2.47. The molecular weight excluding hydrogens is 297 g/mol. The molecule has 0 saturated heterocycles. The maximum absolute atomic E-state index is 9.78. The van der Waals surface area contributed by atoms with Crippen LogP contribution in [0.5, 0.6) is 0 Å². The van der Waals surface area contributed by atoms with Crippen molar-refractivity contribution >= 4 is 34.8 Å². The Labute approximate surface area is 129 Å². The van der Waals surface area contributed by atoms with Gasteiger partial charge in [0.2, 0.25) is 0 Å². The molecule has 2 rings (SSSR count). The molecule has 0 spiro atoms. The number of hydrogen-bond acceptors (Lipinski definition) is 4. The molecule has 3 N–H and O–H groups in total. The summed E-state index contributed by atoms with van der Waals surface area (Å²) in [5.74, 6) is 1.25. The lowest BCUT2D eigenvalue weighted by Crippen LogP contribution is -2.57. The SMILES string of the molecule is CCCNc1nc(NC2CC(O)C2(C)C)c(Cl)cc1Cl. The van der Waals surface area contributed by atoms with Crippen molar-refractivity contribution < 1.29 is 5.11 Å². The number of nitrogens with zero attached hydrogens (tertiary/aromatic N) is 1. The molecule has 2 unspecified atom stereocenters. The normalized spacial score (nSPS) is 24.1. The van der Waals surface area contributed by atoms with Crippen LogP contribution in [0.15, 0.2) is 6.07 Å². The summed E-state index contributed by atoms with van der Waals surface area (Å²) in [6.45, 7) is 6.94. The van der Waals surface area contributed by atoms with E-state index in [-0.39, 0.29) is 17.6 Å². The number of anilines is 2. The summed E-state index contributed by atoms with van der Waals surface area (Å²) in [7, 11) is 0. The zero-order chi connectivity index (χ0) is 14.9. The number of pyridine rings is 1. The Bertz CT molecular complexity index is 494. The Morgan fingerprint density at radius 2 is 2.00 bits per heavy atom. The predicted octanol–water partition coefficient (Wildman–Crippen LogP) is 3.78. The van der Waals surface area contributed by atoms with Gasteiger partial charge in [-0.3, -0.25) is 0 Å². The van der Waals surface area contributed by atoms with Gasteiger partial charge in [0.15, 0.2) is 0 Å². The van der Waals surface area contributed by atoms with E-state index in [0.717, 1.165) is 13.0 Å². The van der Waals surface area contributed by atoms with Gasteiger partial charge in [0.25, 0.3) is 0 Å². The minimum absolute atomic E-state index is 0.155. The minimum atomic E-state index is -0.288. The Hall–Kier alpha value is -0.710. The lowest BCUT2D eigenvalue weighted by molar-refractivity contribution is -0.0511. The molecule has 0 bridgehead atoms. The van der Waals surface area contributed by atoms with Crippen LogP contribution in [-0.4, -0.2) is 28.8 Å². The molecule has 0 amide bonds. The van der Waals surface area contributed by atoms with E-state index < -0.39 is 0 Å². The average Bonchev–Trinajstić information content (AvgIpc) is 2.39. The summed E-state index contributed by atoms with van der Waals surface area (Å²) in [5, 5.41) is 17.3. The van der Waals surface area contributed by atoms with E-state index in [1.54, 1.807) is 6.07 Å². The van der Waals surface area contributed by atoms with Crippen molar-refractivity contribution in [3.63, 3.8) is 0 Å². The smallest absolute Gasteiger partial charge is 0.147 e. The van der Waals surface area contributed by atoms with Crippen molar-refractivity contribution in [2.45, 2.75) is 45.8 Å². The fourth-order valence-corrected chi connectivity index (χ4v) is 2.73. The molecule has 1 aromatic rings. The third-order valence-corrected chi connectivity index (χ3v) is 4.58. The van der Waals surface area contributed by atoms with Gasteiger partial charge in [0.1, 0.15) is 11.6 Å². The summed E-state index contributed by atoms with van der Waals surface area (Å²) in [6.07, 6.45) is 1.40. The van der Waals surface area contributed by atoms with Crippen molar-refractivity contribution in [1.82, 2.24) is 4.98 Å². The molecule has 4 nitrogen and oxygen atoms in total. The van der Waals surface area contributed by atoms with E-state index in [2.05, 4.69) is 22.5 Å². The molecule has 0 radical (unpaired) electrons. The second kappa shape index (κ2) is 5.96. The first kappa shape index (κ1) is 15.7. The molecule has 0 aliphatic heterocycles. The van der Waals surface area contributed by atoms with E-state index in [9.17, 15) is 5.11 Å². The van der Waals surface area contributed by atoms with Gasteiger partial charge in [-0.05, 0) is 18.9 Å². The molecule has 2 atom stereocenters. The highest BCUT2D eigenvalue weighted by molar-refractivity contribution is 6.37. The molecule has 1 aliphatic carbocycles. The van der Waals surface area contributed by atoms with E-state index in [1.807, 2.05) is 13.8 Å². The van der Waals surface area contributed by atoms with Crippen molar-refractivity contribution in [3.05, 3.63) is 16.1 Å². The lowest BCUT2D eigenvalue weighted by atomic mass is 9.64. The standard InChI is InChI=1S/C14H21Cl2N3O/c1-4-5-17-12-8(15)6-9(16)13(19-12)18-10-7-11(20)14(10,2)3/h6,10-11,20H,4-5,7H2,1-3H3,(H2,17,18,19). The van der Waals surface area contributed by atoms with E-state index in [1.165, 1.54) is 0 Å². The Morgan fingerprint density at radius 1 is 1.35 bits per heavy atom. The summed E-state index contributed by atoms with van der Waals surface area (Å²) in [6, 6.07) is 1.85. The largest absolute Gasteiger partial charge is 0.392 e. The second-order valence-corrected chi connectivity index (χ2v) is 6.66. The van der Waals surface area contributed by atoms with Gasteiger partial charge in [0.05, 0.1) is 16.1 Å². The van der Waals surface area contributed by atoms with Gasteiger partial charge in [-0.1, -0.05) is 44.0 Å². The number of aliphatic hydroxyl groups is 1. The molecule has 1 aromatic heterocycles. The first-order valence-electron chi connectivity index (χ1n) is 6.90. The molecule has 112 valence electrons. The van der Waals surface area contributed by atoms with Crippen LogP contribution < -0.4 is 10.6 Å². The van der Waals surface area contributed by atoms with Gasteiger partial charge < -0.3 is 15.7 Å². The maximum atomic E-state index is 9.78. The van der Waals surface area contributed by atoms with Gasteiger partial charge in [0, 0.05) is 18.0 Å². The first-order valence-corrected chi connectivity index (χ1v) is 7.66. The minimum Gasteiger partial charge on any atom is -0.392 e. The Kier molecular flexibility index (Phi) is 4.67. The van der Waals surface area contributed by atoms with Gasteiger partial charge in [-0.15, -0.1) is 0 Å². The lowest BCUT2D eigenvalue weighted by Gasteiger charge is -2.49. The van der Waals surface area contributed by atoms with Crippen LogP contribution in [-0.2, 0) is 0 Å². The number of rotatable bonds is 5. The zero-order valence-corrected chi connectivity index (χ0v) is 13.5. The fourth-order valence-electron chi connectivity index (χ4n) is 2.25. The number of aliphatic hydroxyl groups excluding tert-OH is 1. The highest BCUT2D eigenvalue weighted by Crippen LogP contribution is 2.43. The summed E-state index contributed by atoms with van der Waals surface area (Å²) in [4.78, 5) is 4.45. The van der Waals surface area contributed by atoms with Crippen LogP contribution in [0.1, 0.15) is 33.6 Å². The third kappa shape index (κ3) is 2.97. The van der Waals surface area contributed by atoms with Crippen molar-refractivity contribution in [2.24, 2.45) is 5.41 Å².